The van der Waals surface area contributed by atoms with Crippen molar-refractivity contribution in [2.45, 2.75) is 39.5 Å². The van der Waals surface area contributed by atoms with Crippen molar-refractivity contribution < 1.29 is 19.1 Å². The maximum absolute atomic E-state index is 12.3. The fraction of sp³-hybridized carbons (Fsp3) is 0.550. The number of methoxy groups -OCH3 is 1. The van der Waals surface area contributed by atoms with Crippen LogP contribution in [-0.4, -0.2) is 49.4 Å². The van der Waals surface area contributed by atoms with Crippen LogP contribution >= 0.6 is 0 Å². The number of rotatable bonds is 7. The van der Waals surface area contributed by atoms with Gasteiger partial charge in [-0.3, -0.25) is 14.4 Å². The van der Waals surface area contributed by atoms with E-state index in [1.807, 2.05) is 25.1 Å². The molecule has 1 fully saturated rings. The first kappa shape index (κ1) is 20.7. The Hall–Kier alpha value is -2.57. The highest BCUT2D eigenvalue weighted by Crippen LogP contribution is 2.23. The van der Waals surface area contributed by atoms with Crippen LogP contribution in [0.25, 0.3) is 0 Å². The van der Waals surface area contributed by atoms with Gasteiger partial charge in [-0.2, -0.15) is 0 Å². The molecule has 1 aromatic rings. The quantitative estimate of drug-likeness (QED) is 0.764. The summed E-state index contributed by atoms with van der Waals surface area (Å²) in [5.41, 5.74) is 1.74. The minimum Gasteiger partial charge on any atom is -0.497 e. The number of piperidine rings is 1. The van der Waals surface area contributed by atoms with Gasteiger partial charge in [0.05, 0.1) is 13.7 Å². The van der Waals surface area contributed by atoms with Crippen molar-refractivity contribution in [3.05, 3.63) is 23.8 Å². The first-order valence-electron chi connectivity index (χ1n) is 9.35. The Bertz CT molecular complexity index is 690. The Morgan fingerprint density at radius 3 is 2.74 bits per heavy atom. The predicted molar refractivity (Wildman–Crippen MR) is 104 cm³/mol. The second kappa shape index (κ2) is 9.94. The number of nitrogens with one attached hydrogen (secondary N) is 2. The lowest BCUT2D eigenvalue weighted by atomic mass is 9.93. The second-order valence-electron chi connectivity index (χ2n) is 7.03. The monoisotopic (exact) mass is 375 g/mol. The van der Waals surface area contributed by atoms with Crippen molar-refractivity contribution >= 4 is 23.4 Å². The Morgan fingerprint density at radius 2 is 2.07 bits per heavy atom. The molecule has 1 aliphatic rings. The van der Waals surface area contributed by atoms with E-state index in [4.69, 9.17) is 4.74 Å². The van der Waals surface area contributed by atoms with Crippen LogP contribution < -0.4 is 15.4 Å². The fourth-order valence-corrected chi connectivity index (χ4v) is 3.29. The van der Waals surface area contributed by atoms with Gasteiger partial charge >= 0.3 is 0 Å². The van der Waals surface area contributed by atoms with Crippen LogP contribution in [0.15, 0.2) is 18.2 Å². The molecule has 1 atom stereocenters. The topological polar surface area (TPSA) is 87.7 Å². The standard InChI is InChI=1S/C20H29N3O4/c1-14-11-17(27-3)7-8-18(14)22-19(25)9-6-16-5-4-10-23(13-16)20(26)12-21-15(2)24/h7-8,11,16H,4-6,9-10,12-13H2,1-3H3,(H,21,24)(H,22,25). The van der Waals surface area contributed by atoms with Crippen LogP contribution in [0.3, 0.4) is 0 Å². The predicted octanol–water partition coefficient (Wildman–Crippen LogP) is 2.10. The third-order valence-corrected chi connectivity index (χ3v) is 4.85. The second-order valence-corrected chi connectivity index (χ2v) is 7.03. The smallest absolute Gasteiger partial charge is 0.241 e. The first-order valence-corrected chi connectivity index (χ1v) is 9.35. The highest BCUT2D eigenvalue weighted by Gasteiger charge is 2.24. The summed E-state index contributed by atoms with van der Waals surface area (Å²) in [7, 11) is 1.61. The largest absolute Gasteiger partial charge is 0.497 e. The molecule has 1 heterocycles. The van der Waals surface area contributed by atoms with E-state index in [2.05, 4.69) is 10.6 Å². The summed E-state index contributed by atoms with van der Waals surface area (Å²) in [5, 5.41) is 5.49. The van der Waals surface area contributed by atoms with Gasteiger partial charge < -0.3 is 20.3 Å². The van der Waals surface area contributed by atoms with Crippen molar-refractivity contribution in [1.29, 1.82) is 0 Å². The third-order valence-electron chi connectivity index (χ3n) is 4.85. The zero-order valence-corrected chi connectivity index (χ0v) is 16.3. The molecule has 1 saturated heterocycles. The Balaban J connectivity index is 1.79. The molecule has 27 heavy (non-hydrogen) atoms. The molecule has 2 N–H and O–H groups in total. The highest BCUT2D eigenvalue weighted by atomic mass is 16.5. The van der Waals surface area contributed by atoms with E-state index in [1.54, 1.807) is 12.0 Å². The number of carbonyl (C=O) groups excluding carboxylic acids is 3. The van der Waals surface area contributed by atoms with Crippen LogP contribution in [0.1, 0.15) is 38.2 Å². The minimum absolute atomic E-state index is 0.0232. The number of aryl methyl sites for hydroxylation is 1. The highest BCUT2D eigenvalue weighted by molar-refractivity contribution is 5.91. The summed E-state index contributed by atoms with van der Waals surface area (Å²) < 4.78 is 5.17. The molecule has 148 valence electrons. The van der Waals surface area contributed by atoms with E-state index >= 15 is 0 Å². The van der Waals surface area contributed by atoms with Crippen LogP contribution in [0.5, 0.6) is 5.75 Å². The van der Waals surface area contributed by atoms with Gasteiger partial charge in [0.15, 0.2) is 0 Å². The molecular weight excluding hydrogens is 346 g/mol. The van der Waals surface area contributed by atoms with Gasteiger partial charge in [0.1, 0.15) is 5.75 Å². The summed E-state index contributed by atoms with van der Waals surface area (Å²) in [6.45, 7) is 4.73. The number of anilines is 1. The summed E-state index contributed by atoms with van der Waals surface area (Å²) in [6.07, 6.45) is 3.10. The maximum Gasteiger partial charge on any atom is 0.241 e. The fourth-order valence-electron chi connectivity index (χ4n) is 3.29. The van der Waals surface area contributed by atoms with E-state index in [9.17, 15) is 14.4 Å². The molecule has 1 unspecified atom stereocenters. The zero-order valence-electron chi connectivity index (χ0n) is 16.3. The number of benzene rings is 1. The van der Waals surface area contributed by atoms with E-state index < -0.39 is 0 Å². The van der Waals surface area contributed by atoms with E-state index in [0.29, 0.717) is 25.4 Å². The molecular formula is C20H29N3O4. The summed E-state index contributed by atoms with van der Waals surface area (Å²) in [4.78, 5) is 37.2. The molecule has 2 rings (SSSR count). The van der Waals surface area contributed by atoms with Gasteiger partial charge in [-0.25, -0.2) is 0 Å². The lowest BCUT2D eigenvalue weighted by Gasteiger charge is -2.32. The molecule has 0 radical (unpaired) electrons. The number of ether oxygens (including phenoxy) is 1. The minimum atomic E-state index is -0.206. The van der Waals surface area contributed by atoms with Crippen LogP contribution in [0, 0.1) is 12.8 Å². The van der Waals surface area contributed by atoms with Crippen LogP contribution in [0.2, 0.25) is 0 Å². The average molecular weight is 375 g/mol. The van der Waals surface area contributed by atoms with Gasteiger partial charge in [0.2, 0.25) is 17.7 Å². The number of hydrogen-bond acceptors (Lipinski definition) is 4. The Labute approximate surface area is 160 Å². The van der Waals surface area contributed by atoms with Crippen molar-refractivity contribution in [2.24, 2.45) is 5.92 Å². The van der Waals surface area contributed by atoms with E-state index in [0.717, 1.165) is 36.3 Å². The first-order chi connectivity index (χ1) is 12.9. The molecule has 7 heteroatoms. The molecule has 7 nitrogen and oxygen atoms in total. The average Bonchev–Trinajstić information content (AvgIpc) is 2.66. The van der Waals surface area contributed by atoms with Gasteiger partial charge in [-0.05, 0) is 55.9 Å². The van der Waals surface area contributed by atoms with E-state index in [-0.39, 0.29) is 24.3 Å². The SMILES string of the molecule is COc1ccc(NC(=O)CCC2CCCN(C(=O)CNC(C)=O)C2)c(C)c1. The molecule has 0 saturated carbocycles. The number of nitrogens with zero attached hydrogens (tertiary/aromatic N) is 1. The van der Waals surface area contributed by atoms with Gasteiger partial charge in [0.25, 0.3) is 0 Å². The lowest BCUT2D eigenvalue weighted by molar-refractivity contribution is -0.134. The number of likely N-dealkylation sites (tertiary alicyclic amines) is 1. The molecule has 1 aromatic carbocycles. The molecule has 3 amide bonds. The Morgan fingerprint density at radius 1 is 1.30 bits per heavy atom. The lowest BCUT2D eigenvalue weighted by Crippen LogP contribution is -2.44. The van der Waals surface area contributed by atoms with Crippen molar-refractivity contribution in [2.75, 3.05) is 32.1 Å². The van der Waals surface area contributed by atoms with Crippen LogP contribution in [-0.2, 0) is 14.4 Å². The van der Waals surface area contributed by atoms with Crippen LogP contribution in [0.4, 0.5) is 5.69 Å². The number of carbonyl (C=O) groups is 3. The normalized spacial score (nSPS) is 16.6. The summed E-state index contributed by atoms with van der Waals surface area (Å²) >= 11 is 0. The van der Waals surface area contributed by atoms with Gasteiger partial charge in [0, 0.05) is 32.1 Å². The molecule has 0 spiro atoms. The molecule has 0 bridgehead atoms. The molecule has 0 aromatic heterocycles. The van der Waals surface area contributed by atoms with Crippen molar-refractivity contribution in [3.8, 4) is 5.75 Å². The molecule has 0 aliphatic carbocycles. The van der Waals surface area contributed by atoms with E-state index in [1.165, 1.54) is 6.92 Å². The van der Waals surface area contributed by atoms with Crippen molar-refractivity contribution in [1.82, 2.24) is 10.2 Å². The summed E-state index contributed by atoms with van der Waals surface area (Å²) in [6, 6.07) is 5.55. The zero-order chi connectivity index (χ0) is 19.8. The summed E-state index contributed by atoms with van der Waals surface area (Å²) in [5.74, 6) is 0.778. The third kappa shape index (κ3) is 6.58. The molecule has 1 aliphatic heterocycles. The van der Waals surface area contributed by atoms with Gasteiger partial charge in [-0.15, -0.1) is 0 Å². The number of hydrogen-bond donors (Lipinski definition) is 2. The Kier molecular flexibility index (Phi) is 7.64. The van der Waals surface area contributed by atoms with Crippen molar-refractivity contribution in [3.63, 3.8) is 0 Å². The number of amides is 3. The maximum atomic E-state index is 12.3. The van der Waals surface area contributed by atoms with Gasteiger partial charge in [-0.1, -0.05) is 0 Å².